The predicted molar refractivity (Wildman–Crippen MR) is 78.0 cm³/mol. The van der Waals surface area contributed by atoms with Gasteiger partial charge in [-0.3, -0.25) is 4.79 Å². The summed E-state index contributed by atoms with van der Waals surface area (Å²) >= 11 is 6.73. The summed E-state index contributed by atoms with van der Waals surface area (Å²) in [5, 5.41) is 13.0. The summed E-state index contributed by atoms with van der Waals surface area (Å²) < 4.78 is 26.5. The van der Waals surface area contributed by atoms with E-state index in [2.05, 4.69) is 20.8 Å². The summed E-state index contributed by atoms with van der Waals surface area (Å²) in [6.07, 6.45) is 0.900. The molecule has 112 valence electrons. The average molecular weight is 333 g/mol. The first-order valence-electron chi connectivity index (χ1n) is 6.04. The minimum atomic E-state index is -0.956. The number of hydrogen-bond donors (Lipinski definition) is 2. The Kier molecular flexibility index (Phi) is 5.03. The molecule has 0 aliphatic heterocycles. The van der Waals surface area contributed by atoms with Crippen LogP contribution in [0.3, 0.4) is 0 Å². The third-order valence-electron chi connectivity index (χ3n) is 2.39. The zero-order valence-electron chi connectivity index (χ0n) is 10.9. The highest BCUT2D eigenvalue weighted by Crippen LogP contribution is 2.27. The van der Waals surface area contributed by atoms with Gasteiger partial charge in [0.2, 0.25) is 10.1 Å². The second-order valence-corrected chi connectivity index (χ2v) is 5.42. The smallest absolute Gasteiger partial charge is 0.286 e. The van der Waals surface area contributed by atoms with Gasteiger partial charge in [0.15, 0.2) is 5.82 Å². The molecular weight excluding hydrogens is 322 g/mol. The Hall–Kier alpha value is -1.80. The summed E-state index contributed by atoms with van der Waals surface area (Å²) in [5.74, 6) is -2.44. The van der Waals surface area contributed by atoms with Gasteiger partial charge in [-0.1, -0.05) is 29.9 Å². The van der Waals surface area contributed by atoms with Crippen molar-refractivity contribution in [2.75, 3.05) is 17.2 Å². The average Bonchev–Trinajstić information content (AvgIpc) is 2.89. The lowest BCUT2D eigenvalue weighted by Crippen LogP contribution is -2.13. The highest BCUT2D eigenvalue weighted by molar-refractivity contribution is 7.17. The molecule has 0 aliphatic carbocycles. The van der Waals surface area contributed by atoms with Crippen molar-refractivity contribution >= 4 is 39.7 Å². The minimum Gasteiger partial charge on any atom is -0.360 e. The molecule has 0 fully saturated rings. The van der Waals surface area contributed by atoms with Crippen molar-refractivity contribution in [2.45, 2.75) is 13.3 Å². The van der Waals surface area contributed by atoms with Gasteiger partial charge in [-0.15, -0.1) is 10.2 Å². The highest BCUT2D eigenvalue weighted by Gasteiger charge is 2.17. The monoisotopic (exact) mass is 332 g/mol. The van der Waals surface area contributed by atoms with Gasteiger partial charge in [-0.2, -0.15) is 0 Å². The van der Waals surface area contributed by atoms with Crippen LogP contribution >= 0.6 is 22.9 Å². The molecule has 0 atom stereocenters. The zero-order valence-corrected chi connectivity index (χ0v) is 12.5. The van der Waals surface area contributed by atoms with Crippen molar-refractivity contribution in [3.63, 3.8) is 0 Å². The summed E-state index contributed by atoms with van der Waals surface area (Å²) in [6, 6.07) is 1.55. The van der Waals surface area contributed by atoms with Gasteiger partial charge in [0.1, 0.15) is 5.82 Å². The summed E-state index contributed by atoms with van der Waals surface area (Å²) in [4.78, 5) is 11.9. The fraction of sp³-hybridized carbons (Fsp3) is 0.250. The lowest BCUT2D eigenvalue weighted by Gasteiger charge is -2.06. The molecule has 1 amide bonds. The Morgan fingerprint density at radius 3 is 2.81 bits per heavy atom. The van der Waals surface area contributed by atoms with E-state index in [0.717, 1.165) is 23.8 Å². The van der Waals surface area contributed by atoms with Crippen LogP contribution in [-0.4, -0.2) is 22.6 Å². The molecule has 0 aliphatic rings. The number of halogens is 3. The second kappa shape index (κ2) is 6.77. The molecule has 0 radical (unpaired) electrons. The maximum Gasteiger partial charge on any atom is 0.286 e. The van der Waals surface area contributed by atoms with Crippen molar-refractivity contribution < 1.29 is 13.6 Å². The van der Waals surface area contributed by atoms with Crippen LogP contribution in [0.2, 0.25) is 5.02 Å². The van der Waals surface area contributed by atoms with E-state index in [-0.39, 0.29) is 15.7 Å². The SMILES string of the molecule is CCCNc1nnc(C(=O)Nc2c(F)cc(F)cc2Cl)s1. The fourth-order valence-corrected chi connectivity index (χ4v) is 2.35. The predicted octanol–water partition coefficient (Wildman–Crippen LogP) is 3.54. The molecule has 0 unspecified atom stereocenters. The van der Waals surface area contributed by atoms with Crippen LogP contribution in [0.4, 0.5) is 19.6 Å². The van der Waals surface area contributed by atoms with Crippen molar-refractivity contribution in [3.8, 4) is 0 Å². The molecule has 1 aromatic carbocycles. The molecule has 2 aromatic rings. The number of benzene rings is 1. The number of aromatic nitrogens is 2. The lowest BCUT2D eigenvalue weighted by molar-refractivity contribution is 0.102. The van der Waals surface area contributed by atoms with Crippen LogP contribution in [0.1, 0.15) is 23.1 Å². The first-order valence-corrected chi connectivity index (χ1v) is 7.24. The van der Waals surface area contributed by atoms with Gasteiger partial charge < -0.3 is 10.6 Å². The van der Waals surface area contributed by atoms with Crippen molar-refractivity contribution in [2.24, 2.45) is 0 Å². The van der Waals surface area contributed by atoms with Gasteiger partial charge in [0.05, 0.1) is 10.7 Å². The van der Waals surface area contributed by atoms with E-state index >= 15 is 0 Å². The molecule has 0 saturated carbocycles. The largest absolute Gasteiger partial charge is 0.360 e. The minimum absolute atomic E-state index is 0.0494. The number of nitrogens with one attached hydrogen (secondary N) is 2. The third-order valence-corrected chi connectivity index (χ3v) is 3.57. The quantitative estimate of drug-likeness (QED) is 0.878. The Balaban J connectivity index is 2.13. The number of carbonyl (C=O) groups excluding carboxylic acids is 1. The Morgan fingerprint density at radius 2 is 2.14 bits per heavy atom. The van der Waals surface area contributed by atoms with Crippen molar-refractivity contribution in [3.05, 3.63) is 33.8 Å². The van der Waals surface area contributed by atoms with Gasteiger partial charge in [-0.05, 0) is 12.5 Å². The van der Waals surface area contributed by atoms with Gasteiger partial charge in [-0.25, -0.2) is 8.78 Å². The first kappa shape index (κ1) is 15.6. The summed E-state index contributed by atoms with van der Waals surface area (Å²) in [7, 11) is 0. The van der Waals surface area contributed by atoms with Crippen LogP contribution in [0, 0.1) is 11.6 Å². The van der Waals surface area contributed by atoms with Crippen molar-refractivity contribution in [1.29, 1.82) is 0 Å². The van der Waals surface area contributed by atoms with E-state index in [1.54, 1.807) is 0 Å². The summed E-state index contributed by atoms with van der Waals surface area (Å²) in [5.41, 5.74) is -0.290. The Labute approximate surface area is 128 Å². The van der Waals surface area contributed by atoms with Gasteiger partial charge >= 0.3 is 0 Å². The molecule has 0 spiro atoms. The number of hydrogen-bond acceptors (Lipinski definition) is 5. The number of carbonyl (C=O) groups is 1. The van der Waals surface area contributed by atoms with Crippen LogP contribution in [0.5, 0.6) is 0 Å². The fourth-order valence-electron chi connectivity index (χ4n) is 1.45. The van der Waals surface area contributed by atoms with E-state index in [4.69, 9.17) is 11.6 Å². The van der Waals surface area contributed by atoms with Crippen molar-refractivity contribution in [1.82, 2.24) is 10.2 Å². The zero-order chi connectivity index (χ0) is 15.4. The maximum atomic E-state index is 13.6. The van der Waals surface area contributed by atoms with E-state index < -0.39 is 17.5 Å². The maximum absolute atomic E-state index is 13.6. The lowest BCUT2D eigenvalue weighted by atomic mass is 10.3. The number of anilines is 2. The molecule has 9 heteroatoms. The first-order chi connectivity index (χ1) is 10.0. The molecule has 1 heterocycles. The van der Waals surface area contributed by atoms with Crippen LogP contribution in [0.25, 0.3) is 0 Å². The topological polar surface area (TPSA) is 66.9 Å². The molecule has 5 nitrogen and oxygen atoms in total. The molecule has 21 heavy (non-hydrogen) atoms. The normalized spacial score (nSPS) is 10.5. The summed E-state index contributed by atoms with van der Waals surface area (Å²) in [6.45, 7) is 2.69. The highest BCUT2D eigenvalue weighted by atomic mass is 35.5. The molecule has 2 rings (SSSR count). The molecule has 0 bridgehead atoms. The van der Waals surface area contributed by atoms with E-state index in [1.807, 2.05) is 6.92 Å². The number of nitrogens with zero attached hydrogens (tertiary/aromatic N) is 2. The van der Waals surface area contributed by atoms with Crippen LogP contribution < -0.4 is 10.6 Å². The van der Waals surface area contributed by atoms with Gasteiger partial charge in [0.25, 0.3) is 5.91 Å². The standard InChI is InChI=1S/C12H11ClF2N4OS/c1-2-3-16-12-19-18-11(21-12)10(20)17-9-7(13)4-6(14)5-8(9)15/h4-5H,2-3H2,1H3,(H,16,19)(H,17,20). The van der Waals surface area contributed by atoms with E-state index in [0.29, 0.717) is 17.7 Å². The molecule has 1 aromatic heterocycles. The molecule has 0 saturated heterocycles. The number of rotatable bonds is 5. The second-order valence-electron chi connectivity index (χ2n) is 4.04. The third kappa shape index (κ3) is 3.85. The van der Waals surface area contributed by atoms with E-state index in [9.17, 15) is 13.6 Å². The molecule has 2 N–H and O–H groups in total. The Bertz CT molecular complexity index is 641. The molecular formula is C12H11ClF2N4OS. The van der Waals surface area contributed by atoms with Crippen LogP contribution in [0.15, 0.2) is 12.1 Å². The van der Waals surface area contributed by atoms with Gasteiger partial charge in [0, 0.05) is 12.6 Å². The van der Waals surface area contributed by atoms with Crippen LogP contribution in [-0.2, 0) is 0 Å². The number of amides is 1. The van der Waals surface area contributed by atoms with E-state index in [1.165, 1.54) is 0 Å². The Morgan fingerprint density at radius 1 is 1.38 bits per heavy atom.